The number of aromatic nitrogens is 4. The molecule has 0 aliphatic rings. The molecule has 3 rings (SSSR count). The number of hydrogen-bond acceptors (Lipinski definition) is 7. The first-order valence-corrected chi connectivity index (χ1v) is 6.48. The van der Waals surface area contributed by atoms with Crippen LogP contribution in [0.1, 0.15) is 10.4 Å². The molecule has 0 aliphatic carbocycles. The van der Waals surface area contributed by atoms with Crippen LogP contribution in [0.4, 0.5) is 11.6 Å². The zero-order chi connectivity index (χ0) is 16.4. The zero-order valence-corrected chi connectivity index (χ0v) is 11.7. The molecule has 1 aromatic carbocycles. The average molecular weight is 310 g/mol. The van der Waals surface area contributed by atoms with E-state index in [2.05, 4.69) is 15.1 Å². The number of rotatable bonds is 3. The van der Waals surface area contributed by atoms with Crippen molar-refractivity contribution in [2.24, 2.45) is 0 Å². The van der Waals surface area contributed by atoms with Gasteiger partial charge < -0.3 is 5.73 Å². The zero-order valence-electron chi connectivity index (χ0n) is 11.7. The first-order chi connectivity index (χ1) is 11.1. The van der Waals surface area contributed by atoms with E-state index in [1.807, 2.05) is 0 Å². The van der Waals surface area contributed by atoms with Crippen molar-refractivity contribution in [3.63, 3.8) is 0 Å². The highest BCUT2D eigenvalue weighted by molar-refractivity contribution is 5.97. The average Bonchev–Trinajstić information content (AvgIpc) is 2.97. The second-order valence-electron chi connectivity index (χ2n) is 4.56. The van der Waals surface area contributed by atoms with Gasteiger partial charge in [-0.25, -0.2) is 0 Å². The third-order valence-corrected chi connectivity index (χ3v) is 3.05. The minimum absolute atomic E-state index is 0.0912. The second kappa shape index (κ2) is 5.64. The Morgan fingerprint density at radius 1 is 1.26 bits per heavy atom. The van der Waals surface area contributed by atoms with E-state index in [0.717, 1.165) is 10.7 Å². The van der Waals surface area contributed by atoms with Crippen LogP contribution in [0.2, 0.25) is 0 Å². The van der Waals surface area contributed by atoms with E-state index in [4.69, 9.17) is 5.73 Å². The summed E-state index contributed by atoms with van der Waals surface area (Å²) in [5.74, 6) is -0.469. The Morgan fingerprint density at radius 3 is 2.78 bits per heavy atom. The molecule has 0 unspecified atom stereocenters. The van der Waals surface area contributed by atoms with Crippen LogP contribution in [0.15, 0.2) is 48.8 Å². The molecule has 9 nitrogen and oxygen atoms in total. The van der Waals surface area contributed by atoms with Gasteiger partial charge in [-0.3, -0.25) is 19.9 Å². The van der Waals surface area contributed by atoms with Crippen LogP contribution in [-0.4, -0.2) is 30.6 Å². The molecule has 0 atom stereocenters. The number of nitrogen functional groups attached to an aromatic ring is 1. The van der Waals surface area contributed by atoms with E-state index >= 15 is 0 Å². The number of pyridine rings is 1. The predicted molar refractivity (Wildman–Crippen MR) is 80.5 cm³/mol. The summed E-state index contributed by atoms with van der Waals surface area (Å²) in [4.78, 5) is 30.6. The van der Waals surface area contributed by atoms with Crippen LogP contribution in [0.25, 0.3) is 11.4 Å². The largest absolute Gasteiger partial charge is 0.368 e. The maximum Gasteiger partial charge on any atom is 0.281 e. The number of nitrogens with zero attached hydrogens (tertiary/aromatic N) is 5. The Hall–Kier alpha value is -3.62. The molecule has 0 saturated heterocycles. The van der Waals surface area contributed by atoms with Crippen molar-refractivity contribution in [1.29, 1.82) is 0 Å². The van der Waals surface area contributed by atoms with Crippen molar-refractivity contribution in [2.45, 2.75) is 0 Å². The highest BCUT2D eigenvalue weighted by Crippen LogP contribution is 2.18. The van der Waals surface area contributed by atoms with Crippen LogP contribution >= 0.6 is 0 Å². The van der Waals surface area contributed by atoms with Crippen molar-refractivity contribution in [1.82, 2.24) is 19.7 Å². The molecule has 0 spiro atoms. The standard InChI is InChI=1S/C14H10N6O3/c15-14-17-12(10-4-2-6-16-8-10)18-19(14)13(21)9-3-1-5-11(7-9)20(22)23/h1-8H,(H2,15,17,18). The molecule has 0 aliphatic heterocycles. The summed E-state index contributed by atoms with van der Waals surface area (Å²) in [6, 6.07) is 8.75. The Bertz CT molecular complexity index is 891. The van der Waals surface area contributed by atoms with Crippen molar-refractivity contribution in [3.05, 3.63) is 64.5 Å². The Morgan fingerprint density at radius 2 is 2.09 bits per heavy atom. The molecule has 114 valence electrons. The van der Waals surface area contributed by atoms with Crippen molar-refractivity contribution < 1.29 is 9.72 Å². The van der Waals surface area contributed by atoms with Gasteiger partial charge in [-0.2, -0.15) is 9.67 Å². The van der Waals surface area contributed by atoms with Gasteiger partial charge in [0.1, 0.15) is 0 Å². The van der Waals surface area contributed by atoms with Crippen LogP contribution in [0.3, 0.4) is 0 Å². The topological polar surface area (TPSA) is 130 Å². The molecule has 2 aromatic heterocycles. The molecule has 0 radical (unpaired) electrons. The Balaban J connectivity index is 1.99. The molecule has 2 N–H and O–H groups in total. The van der Waals surface area contributed by atoms with Crippen LogP contribution < -0.4 is 5.73 Å². The minimum atomic E-state index is -0.603. The molecule has 3 aromatic rings. The molecule has 9 heteroatoms. The summed E-state index contributed by atoms with van der Waals surface area (Å²) in [7, 11) is 0. The summed E-state index contributed by atoms with van der Waals surface area (Å²) < 4.78 is 0.904. The highest BCUT2D eigenvalue weighted by Gasteiger charge is 2.18. The highest BCUT2D eigenvalue weighted by atomic mass is 16.6. The smallest absolute Gasteiger partial charge is 0.281 e. The summed E-state index contributed by atoms with van der Waals surface area (Å²) in [5, 5.41) is 14.8. The molecule has 0 saturated carbocycles. The quantitative estimate of drug-likeness (QED) is 0.573. The molecule has 2 heterocycles. The van der Waals surface area contributed by atoms with Crippen molar-refractivity contribution in [2.75, 3.05) is 5.73 Å². The fourth-order valence-corrected chi connectivity index (χ4v) is 1.97. The third kappa shape index (κ3) is 2.75. The monoisotopic (exact) mass is 310 g/mol. The van der Waals surface area contributed by atoms with Crippen molar-refractivity contribution in [3.8, 4) is 11.4 Å². The van der Waals surface area contributed by atoms with Gasteiger partial charge in [0.25, 0.3) is 11.6 Å². The van der Waals surface area contributed by atoms with Crippen LogP contribution in [-0.2, 0) is 0 Å². The lowest BCUT2D eigenvalue weighted by molar-refractivity contribution is -0.384. The first kappa shape index (κ1) is 14.3. The molecule has 23 heavy (non-hydrogen) atoms. The lowest BCUT2D eigenvalue weighted by Gasteiger charge is -2.01. The van der Waals surface area contributed by atoms with E-state index in [1.165, 1.54) is 24.4 Å². The van der Waals surface area contributed by atoms with Gasteiger partial charge >= 0.3 is 0 Å². The number of nitro groups is 1. The number of nitrogens with two attached hydrogens (primary N) is 1. The SMILES string of the molecule is Nc1nc(-c2cccnc2)nn1C(=O)c1cccc([N+](=O)[O-])c1. The van der Waals surface area contributed by atoms with Crippen molar-refractivity contribution >= 4 is 17.5 Å². The third-order valence-electron chi connectivity index (χ3n) is 3.05. The number of nitro benzene ring substituents is 1. The lowest BCUT2D eigenvalue weighted by Crippen LogP contribution is -2.16. The number of non-ortho nitro benzene ring substituents is 1. The molecule has 0 amide bonds. The van der Waals surface area contributed by atoms with E-state index in [1.54, 1.807) is 18.3 Å². The predicted octanol–water partition coefficient (Wildman–Crippen LogP) is 1.52. The number of carbonyl (C=O) groups is 1. The van der Waals surface area contributed by atoms with E-state index in [-0.39, 0.29) is 23.0 Å². The van der Waals surface area contributed by atoms with E-state index in [9.17, 15) is 14.9 Å². The summed E-state index contributed by atoms with van der Waals surface area (Å²) in [5.41, 5.74) is 6.23. The maximum atomic E-state index is 12.4. The molecular weight excluding hydrogens is 300 g/mol. The normalized spacial score (nSPS) is 10.4. The summed E-state index contributed by atoms with van der Waals surface area (Å²) >= 11 is 0. The van der Waals surface area contributed by atoms with Gasteiger partial charge in [0.15, 0.2) is 5.82 Å². The van der Waals surface area contributed by atoms with Gasteiger partial charge in [-0.1, -0.05) is 6.07 Å². The fourth-order valence-electron chi connectivity index (χ4n) is 1.97. The summed E-state index contributed by atoms with van der Waals surface area (Å²) in [6.07, 6.45) is 3.13. The van der Waals surface area contributed by atoms with Gasteiger partial charge in [-0.15, -0.1) is 5.10 Å². The molecule has 0 fully saturated rings. The van der Waals surface area contributed by atoms with E-state index < -0.39 is 10.8 Å². The first-order valence-electron chi connectivity index (χ1n) is 6.48. The molecular formula is C14H10N6O3. The van der Waals surface area contributed by atoms with Crippen LogP contribution in [0.5, 0.6) is 0 Å². The number of benzene rings is 1. The maximum absolute atomic E-state index is 12.4. The lowest BCUT2D eigenvalue weighted by atomic mass is 10.2. The minimum Gasteiger partial charge on any atom is -0.368 e. The van der Waals surface area contributed by atoms with E-state index in [0.29, 0.717) is 5.56 Å². The number of carbonyl (C=O) groups excluding carboxylic acids is 1. The fraction of sp³-hybridized carbons (Fsp3) is 0. The van der Waals surface area contributed by atoms with Gasteiger partial charge in [-0.05, 0) is 18.2 Å². The Labute approximate surface area is 129 Å². The number of anilines is 1. The summed E-state index contributed by atoms with van der Waals surface area (Å²) in [6.45, 7) is 0. The molecule has 0 bridgehead atoms. The van der Waals surface area contributed by atoms with Crippen LogP contribution in [0, 0.1) is 10.1 Å². The Kier molecular flexibility index (Phi) is 3.51. The second-order valence-corrected chi connectivity index (χ2v) is 4.56. The van der Waals surface area contributed by atoms with Gasteiger partial charge in [0.2, 0.25) is 5.95 Å². The number of hydrogen-bond donors (Lipinski definition) is 1. The van der Waals surface area contributed by atoms with Gasteiger partial charge in [0.05, 0.1) is 4.92 Å². The van der Waals surface area contributed by atoms with Gasteiger partial charge in [0, 0.05) is 35.7 Å².